The predicted octanol–water partition coefficient (Wildman–Crippen LogP) is 3.68. The standard InChI is InChI=1S/C18H18N2O2.C2H6/c1-12-16(18(21)22)20-17(19-12)15(13-8-4-2-5-9-13)14-10-6-3-7-11-14;1-2/h2-11,15,17,19-20H,1H3,(H,21,22);1-2H3. The average molecular weight is 324 g/mol. The largest absolute Gasteiger partial charge is 0.477 e. The van der Waals surface area contributed by atoms with Crippen LogP contribution < -0.4 is 10.6 Å². The molecule has 0 spiro atoms. The molecule has 3 rings (SSSR count). The van der Waals surface area contributed by atoms with Crippen LogP contribution in [0.1, 0.15) is 37.8 Å². The number of hydrogen-bond acceptors (Lipinski definition) is 3. The van der Waals surface area contributed by atoms with E-state index in [9.17, 15) is 9.90 Å². The van der Waals surface area contributed by atoms with Crippen molar-refractivity contribution in [2.75, 3.05) is 0 Å². The highest BCUT2D eigenvalue weighted by Gasteiger charge is 2.32. The van der Waals surface area contributed by atoms with E-state index >= 15 is 0 Å². The van der Waals surface area contributed by atoms with E-state index in [0.717, 1.165) is 11.1 Å². The van der Waals surface area contributed by atoms with Crippen LogP contribution in [0, 0.1) is 0 Å². The van der Waals surface area contributed by atoms with Crippen LogP contribution in [0.25, 0.3) is 0 Å². The maximum absolute atomic E-state index is 11.3. The van der Waals surface area contributed by atoms with Crippen LogP contribution in [0.3, 0.4) is 0 Å². The number of nitrogens with one attached hydrogen (secondary N) is 2. The summed E-state index contributed by atoms with van der Waals surface area (Å²) in [6.07, 6.45) is -0.184. The van der Waals surface area contributed by atoms with Gasteiger partial charge in [0, 0.05) is 11.6 Å². The summed E-state index contributed by atoms with van der Waals surface area (Å²) in [5.41, 5.74) is 3.17. The van der Waals surface area contributed by atoms with E-state index in [1.54, 1.807) is 6.92 Å². The molecule has 2 aromatic carbocycles. The Morgan fingerprint density at radius 3 is 1.75 bits per heavy atom. The smallest absolute Gasteiger partial charge is 0.353 e. The van der Waals surface area contributed by atoms with E-state index in [4.69, 9.17) is 0 Å². The van der Waals surface area contributed by atoms with Gasteiger partial charge in [-0.1, -0.05) is 74.5 Å². The molecule has 0 saturated heterocycles. The Labute approximate surface area is 143 Å². The SMILES string of the molecule is CC.CC1=C(C(=O)O)NC(C(c2ccccc2)c2ccccc2)N1. The first-order chi connectivity index (χ1) is 11.7. The molecule has 4 heteroatoms. The number of benzene rings is 2. The number of carbonyl (C=O) groups is 1. The van der Waals surface area contributed by atoms with Crippen molar-refractivity contribution in [3.63, 3.8) is 0 Å². The van der Waals surface area contributed by atoms with E-state index in [0.29, 0.717) is 5.70 Å². The van der Waals surface area contributed by atoms with Crippen molar-refractivity contribution in [2.45, 2.75) is 32.9 Å². The molecule has 0 bridgehead atoms. The van der Waals surface area contributed by atoms with Gasteiger partial charge in [-0.2, -0.15) is 0 Å². The molecule has 0 aliphatic carbocycles. The first kappa shape index (κ1) is 17.6. The molecule has 0 saturated carbocycles. The quantitative estimate of drug-likeness (QED) is 0.803. The van der Waals surface area contributed by atoms with Gasteiger partial charge in [-0.15, -0.1) is 0 Å². The molecule has 126 valence electrons. The number of carboxylic acids is 1. The Morgan fingerprint density at radius 2 is 1.38 bits per heavy atom. The number of allylic oxidation sites excluding steroid dienone is 1. The summed E-state index contributed by atoms with van der Waals surface area (Å²) in [5, 5.41) is 15.6. The molecule has 1 heterocycles. The van der Waals surface area contributed by atoms with Gasteiger partial charge in [-0.25, -0.2) is 4.79 Å². The van der Waals surface area contributed by atoms with Crippen LogP contribution in [0.5, 0.6) is 0 Å². The fourth-order valence-electron chi connectivity index (χ4n) is 2.89. The highest BCUT2D eigenvalue weighted by molar-refractivity contribution is 5.87. The molecule has 1 aliphatic rings. The Morgan fingerprint density at radius 1 is 0.917 bits per heavy atom. The lowest BCUT2D eigenvalue weighted by Crippen LogP contribution is -2.40. The second-order valence-electron chi connectivity index (χ2n) is 5.37. The molecule has 0 aromatic heterocycles. The third-order valence-electron chi connectivity index (χ3n) is 3.91. The van der Waals surface area contributed by atoms with Gasteiger partial charge in [0.25, 0.3) is 0 Å². The zero-order chi connectivity index (χ0) is 17.5. The van der Waals surface area contributed by atoms with E-state index in [1.165, 1.54) is 0 Å². The van der Waals surface area contributed by atoms with Crippen molar-refractivity contribution in [1.29, 1.82) is 0 Å². The maximum atomic E-state index is 11.3. The first-order valence-corrected chi connectivity index (χ1v) is 8.24. The molecule has 4 nitrogen and oxygen atoms in total. The maximum Gasteiger partial charge on any atom is 0.353 e. The molecular weight excluding hydrogens is 300 g/mol. The Balaban J connectivity index is 0.00000100. The Bertz CT molecular complexity index is 657. The van der Waals surface area contributed by atoms with Crippen LogP contribution >= 0.6 is 0 Å². The molecule has 2 aromatic rings. The molecule has 24 heavy (non-hydrogen) atoms. The lowest BCUT2D eigenvalue weighted by atomic mass is 9.88. The second-order valence-corrected chi connectivity index (χ2v) is 5.37. The molecule has 0 amide bonds. The molecule has 3 N–H and O–H groups in total. The zero-order valence-corrected chi connectivity index (χ0v) is 14.3. The van der Waals surface area contributed by atoms with Crippen molar-refractivity contribution in [3.8, 4) is 0 Å². The minimum atomic E-state index is -0.938. The average Bonchev–Trinajstić information content (AvgIpc) is 3.00. The topological polar surface area (TPSA) is 61.4 Å². The fraction of sp³-hybridized carbons (Fsp3) is 0.250. The third-order valence-corrected chi connectivity index (χ3v) is 3.91. The summed E-state index contributed by atoms with van der Waals surface area (Å²) < 4.78 is 0. The zero-order valence-electron chi connectivity index (χ0n) is 14.3. The van der Waals surface area contributed by atoms with Crippen LogP contribution in [-0.4, -0.2) is 17.2 Å². The number of aliphatic carboxylic acids is 1. The lowest BCUT2D eigenvalue weighted by Gasteiger charge is -2.26. The Hall–Kier alpha value is -2.75. The Kier molecular flexibility index (Phi) is 6.01. The normalized spacial score (nSPS) is 16.1. The van der Waals surface area contributed by atoms with E-state index < -0.39 is 5.97 Å². The molecule has 0 fully saturated rings. The second kappa shape index (κ2) is 8.20. The van der Waals surface area contributed by atoms with Gasteiger partial charge in [0.1, 0.15) is 11.9 Å². The highest BCUT2D eigenvalue weighted by atomic mass is 16.4. The van der Waals surface area contributed by atoms with Crippen LogP contribution in [0.4, 0.5) is 0 Å². The lowest BCUT2D eigenvalue weighted by molar-refractivity contribution is -0.133. The van der Waals surface area contributed by atoms with Crippen molar-refractivity contribution >= 4 is 5.97 Å². The summed E-state index contributed by atoms with van der Waals surface area (Å²) in [4.78, 5) is 11.3. The van der Waals surface area contributed by atoms with Crippen LogP contribution in [-0.2, 0) is 4.79 Å². The van der Waals surface area contributed by atoms with Gasteiger partial charge in [0.2, 0.25) is 0 Å². The van der Waals surface area contributed by atoms with Gasteiger partial charge >= 0.3 is 5.97 Å². The van der Waals surface area contributed by atoms with E-state index in [1.807, 2.05) is 50.2 Å². The van der Waals surface area contributed by atoms with Crippen molar-refractivity contribution in [2.24, 2.45) is 0 Å². The van der Waals surface area contributed by atoms with Crippen LogP contribution in [0.2, 0.25) is 0 Å². The summed E-state index contributed by atoms with van der Waals surface area (Å²) in [5.74, 6) is -0.915. The van der Waals surface area contributed by atoms with Gasteiger partial charge in [0.15, 0.2) is 0 Å². The van der Waals surface area contributed by atoms with Gasteiger partial charge in [0.05, 0.1) is 0 Å². The summed E-state index contributed by atoms with van der Waals surface area (Å²) >= 11 is 0. The van der Waals surface area contributed by atoms with E-state index in [-0.39, 0.29) is 17.8 Å². The van der Waals surface area contributed by atoms with Gasteiger partial charge < -0.3 is 15.7 Å². The highest BCUT2D eigenvalue weighted by Crippen LogP contribution is 2.30. The third kappa shape index (κ3) is 3.77. The molecule has 1 unspecified atom stereocenters. The fourth-order valence-corrected chi connectivity index (χ4v) is 2.89. The minimum absolute atomic E-state index is 0.0224. The van der Waals surface area contributed by atoms with Crippen LogP contribution in [0.15, 0.2) is 72.1 Å². The first-order valence-electron chi connectivity index (χ1n) is 8.24. The number of hydrogen-bond donors (Lipinski definition) is 3. The van der Waals surface area contributed by atoms with Crippen molar-refractivity contribution in [1.82, 2.24) is 10.6 Å². The molecule has 1 atom stereocenters. The molecule has 0 radical (unpaired) electrons. The predicted molar refractivity (Wildman–Crippen MR) is 96.5 cm³/mol. The monoisotopic (exact) mass is 324 g/mol. The summed E-state index contributed by atoms with van der Waals surface area (Å²) in [6.45, 7) is 5.78. The number of rotatable bonds is 4. The van der Waals surface area contributed by atoms with Gasteiger partial charge in [-0.05, 0) is 18.1 Å². The summed E-state index contributed by atoms with van der Waals surface area (Å²) in [6, 6.07) is 20.2. The van der Waals surface area contributed by atoms with E-state index in [2.05, 4.69) is 34.9 Å². The van der Waals surface area contributed by atoms with Crippen molar-refractivity contribution < 1.29 is 9.90 Å². The molecule has 1 aliphatic heterocycles. The van der Waals surface area contributed by atoms with Crippen molar-refractivity contribution in [3.05, 3.63) is 83.2 Å². The van der Waals surface area contributed by atoms with Gasteiger partial charge in [-0.3, -0.25) is 0 Å². The minimum Gasteiger partial charge on any atom is -0.477 e. The summed E-state index contributed by atoms with van der Waals surface area (Å²) in [7, 11) is 0. The molecular formula is C20H24N2O2. The number of carboxylic acid groups (broad SMARTS) is 1.